The van der Waals surface area contributed by atoms with Crippen molar-refractivity contribution in [2.45, 2.75) is 76.3 Å². The van der Waals surface area contributed by atoms with Crippen LogP contribution in [0.15, 0.2) is 18.5 Å². The monoisotopic (exact) mass is 440 g/mol. The van der Waals surface area contributed by atoms with Crippen LogP contribution in [0.25, 0.3) is 0 Å². The van der Waals surface area contributed by atoms with E-state index < -0.39 is 6.04 Å². The molecule has 32 heavy (non-hydrogen) atoms. The van der Waals surface area contributed by atoms with Crippen LogP contribution in [0.2, 0.25) is 0 Å². The molecule has 1 aliphatic heterocycles. The van der Waals surface area contributed by atoms with Crippen molar-refractivity contribution in [2.75, 3.05) is 18.4 Å². The van der Waals surface area contributed by atoms with Gasteiger partial charge in [-0.3, -0.25) is 24.8 Å². The van der Waals surface area contributed by atoms with Crippen molar-refractivity contribution in [1.82, 2.24) is 15.2 Å². The molecule has 1 aromatic rings. The van der Waals surface area contributed by atoms with Gasteiger partial charge in [-0.15, -0.1) is 0 Å². The summed E-state index contributed by atoms with van der Waals surface area (Å²) in [6.07, 6.45) is 12.9. The molecule has 8 heteroatoms. The van der Waals surface area contributed by atoms with Gasteiger partial charge in [0.25, 0.3) is 0 Å². The number of hydrogen-bond acceptors (Lipinski definition) is 5. The van der Waals surface area contributed by atoms with Crippen LogP contribution in [0.3, 0.4) is 0 Å². The number of carbonyl (C=O) groups is 3. The SMILES string of the molecule is CC(=O)C(=[NH2+])c1ccncc1NCC(=O)N1CCC[C@H]1C(=O)NC1(C2CCCCC2)CC1. The highest BCUT2D eigenvalue weighted by Crippen LogP contribution is 2.48. The Hall–Kier alpha value is -2.77. The number of nitrogens with one attached hydrogen (secondary N) is 2. The highest BCUT2D eigenvalue weighted by atomic mass is 16.2. The first-order valence-electron chi connectivity index (χ1n) is 11.8. The second kappa shape index (κ2) is 9.38. The van der Waals surface area contributed by atoms with Gasteiger partial charge in [0.15, 0.2) is 0 Å². The molecule has 2 saturated carbocycles. The Kier molecular flexibility index (Phi) is 6.58. The van der Waals surface area contributed by atoms with Crippen LogP contribution in [0.1, 0.15) is 70.3 Å². The lowest BCUT2D eigenvalue weighted by Crippen LogP contribution is -2.52. The summed E-state index contributed by atoms with van der Waals surface area (Å²) >= 11 is 0. The molecule has 2 aliphatic carbocycles. The van der Waals surface area contributed by atoms with Gasteiger partial charge >= 0.3 is 0 Å². The maximum atomic E-state index is 13.2. The maximum Gasteiger partial charge on any atom is 0.249 e. The molecule has 1 saturated heterocycles. The summed E-state index contributed by atoms with van der Waals surface area (Å²) in [5.41, 5.74) is 1.15. The lowest BCUT2D eigenvalue weighted by atomic mass is 9.82. The van der Waals surface area contributed by atoms with Gasteiger partial charge in [-0.25, -0.2) is 0 Å². The van der Waals surface area contributed by atoms with Gasteiger partial charge in [-0.05, 0) is 50.5 Å². The summed E-state index contributed by atoms with van der Waals surface area (Å²) in [5.74, 6) is 0.199. The molecular formula is C24H34N5O3+. The molecule has 0 aromatic carbocycles. The van der Waals surface area contributed by atoms with Gasteiger partial charge < -0.3 is 15.5 Å². The zero-order valence-corrected chi connectivity index (χ0v) is 18.9. The molecule has 1 aromatic heterocycles. The predicted octanol–water partition coefficient (Wildman–Crippen LogP) is 0.851. The van der Waals surface area contributed by atoms with E-state index in [0.717, 1.165) is 19.3 Å². The average Bonchev–Trinajstić information content (AvgIpc) is 3.41. The van der Waals surface area contributed by atoms with E-state index in [-0.39, 0.29) is 35.4 Å². The predicted molar refractivity (Wildman–Crippen MR) is 121 cm³/mol. The standard InChI is InChI=1S/C24H33N5O3/c1-16(30)22(25)18-9-12-26-14-19(18)27-15-21(31)29-13-5-8-20(29)23(32)28-24(10-11-24)17-6-3-2-4-7-17/h9,12,14,17,20,25,27H,2-8,10-11,13,15H2,1H3,(H,28,32)/p+1/t20-/m0/s1. The molecule has 2 amide bonds. The van der Waals surface area contributed by atoms with Crippen molar-refractivity contribution in [3.05, 3.63) is 24.0 Å². The van der Waals surface area contributed by atoms with Crippen LogP contribution in [0.4, 0.5) is 5.69 Å². The quantitative estimate of drug-likeness (QED) is 0.518. The molecule has 0 radical (unpaired) electrons. The number of likely N-dealkylation sites (tertiary alicyclic amines) is 1. The number of nitrogens with zero attached hydrogens (tertiary/aromatic N) is 2. The van der Waals surface area contributed by atoms with E-state index in [4.69, 9.17) is 5.41 Å². The third-order valence-electron chi connectivity index (χ3n) is 7.34. The van der Waals surface area contributed by atoms with E-state index in [0.29, 0.717) is 30.1 Å². The molecule has 4 rings (SSSR count). The second-order valence-electron chi connectivity index (χ2n) is 9.47. The Morgan fingerprint density at radius 2 is 1.91 bits per heavy atom. The molecule has 2 heterocycles. The number of rotatable bonds is 8. The maximum absolute atomic E-state index is 13.2. The van der Waals surface area contributed by atoms with Crippen LogP contribution in [-0.4, -0.2) is 57.9 Å². The fourth-order valence-corrected chi connectivity index (χ4v) is 5.32. The molecule has 3 aliphatic rings. The van der Waals surface area contributed by atoms with Crippen molar-refractivity contribution in [2.24, 2.45) is 5.92 Å². The summed E-state index contributed by atoms with van der Waals surface area (Å²) in [6, 6.07) is 1.24. The molecule has 3 fully saturated rings. The largest absolute Gasteiger partial charge is 0.374 e. The summed E-state index contributed by atoms with van der Waals surface area (Å²) < 4.78 is 0. The zero-order valence-electron chi connectivity index (χ0n) is 18.9. The fraction of sp³-hybridized carbons (Fsp3) is 0.625. The lowest BCUT2D eigenvalue weighted by Gasteiger charge is -2.33. The number of pyridine rings is 1. The number of aromatic nitrogens is 1. The first kappa shape index (κ1) is 22.4. The molecule has 172 valence electrons. The minimum Gasteiger partial charge on any atom is -0.374 e. The third kappa shape index (κ3) is 4.69. The number of anilines is 1. The van der Waals surface area contributed by atoms with Gasteiger partial charge in [0.1, 0.15) is 6.04 Å². The molecule has 8 nitrogen and oxygen atoms in total. The average molecular weight is 441 g/mol. The van der Waals surface area contributed by atoms with Crippen molar-refractivity contribution in [3.8, 4) is 0 Å². The van der Waals surface area contributed by atoms with E-state index in [9.17, 15) is 14.4 Å². The normalized spacial score (nSPS) is 22.3. The third-order valence-corrected chi connectivity index (χ3v) is 7.34. The molecular weight excluding hydrogens is 406 g/mol. The summed E-state index contributed by atoms with van der Waals surface area (Å²) in [6.45, 7) is 2.00. The van der Waals surface area contributed by atoms with Gasteiger partial charge in [-0.2, -0.15) is 0 Å². The van der Waals surface area contributed by atoms with Crippen molar-refractivity contribution < 1.29 is 19.8 Å². The molecule has 1 atom stereocenters. The Bertz CT molecular complexity index is 905. The summed E-state index contributed by atoms with van der Waals surface area (Å²) in [5, 5.41) is 12.3. The van der Waals surface area contributed by atoms with Crippen LogP contribution < -0.4 is 16.0 Å². The van der Waals surface area contributed by atoms with Crippen LogP contribution in [-0.2, 0) is 14.4 Å². The fourth-order valence-electron chi connectivity index (χ4n) is 5.32. The molecule has 0 spiro atoms. The highest BCUT2D eigenvalue weighted by molar-refractivity contribution is 6.43. The molecule has 4 N–H and O–H groups in total. The van der Waals surface area contributed by atoms with E-state index >= 15 is 0 Å². The first-order valence-corrected chi connectivity index (χ1v) is 11.8. The number of nitrogens with two attached hydrogens (primary N) is 1. The van der Waals surface area contributed by atoms with Crippen molar-refractivity contribution in [1.29, 1.82) is 0 Å². The summed E-state index contributed by atoms with van der Waals surface area (Å²) in [4.78, 5) is 43.6. The van der Waals surface area contributed by atoms with Gasteiger partial charge in [0.05, 0.1) is 24.0 Å². The van der Waals surface area contributed by atoms with Crippen molar-refractivity contribution in [3.63, 3.8) is 0 Å². The van der Waals surface area contributed by atoms with Crippen molar-refractivity contribution >= 4 is 29.0 Å². The second-order valence-corrected chi connectivity index (χ2v) is 9.47. The Morgan fingerprint density at radius 3 is 2.59 bits per heavy atom. The minimum absolute atomic E-state index is 0.00449. The molecule has 0 bridgehead atoms. The van der Waals surface area contributed by atoms with Gasteiger partial charge in [0.2, 0.25) is 23.3 Å². The smallest absolute Gasteiger partial charge is 0.249 e. The number of Topliss-reactive ketones (excluding diaryl/α,β-unsaturated/α-hetero) is 1. The van der Waals surface area contributed by atoms with Gasteiger partial charge in [0, 0.05) is 25.2 Å². The topological polar surface area (TPSA) is 117 Å². The number of hydrogen-bond donors (Lipinski definition) is 3. The first-order chi connectivity index (χ1) is 15.4. The molecule has 0 unspecified atom stereocenters. The number of carbonyl (C=O) groups excluding carboxylic acids is 3. The Balaban J connectivity index is 1.37. The Labute approximate surface area is 189 Å². The highest BCUT2D eigenvalue weighted by Gasteiger charge is 2.51. The van der Waals surface area contributed by atoms with E-state index in [1.165, 1.54) is 39.0 Å². The summed E-state index contributed by atoms with van der Waals surface area (Å²) in [7, 11) is 0. The number of amides is 2. The number of ketones is 1. The Morgan fingerprint density at radius 1 is 1.16 bits per heavy atom. The van der Waals surface area contributed by atoms with Crippen LogP contribution in [0.5, 0.6) is 0 Å². The van der Waals surface area contributed by atoms with E-state index in [1.807, 2.05) is 0 Å². The van der Waals surface area contributed by atoms with Crippen LogP contribution >= 0.6 is 0 Å². The van der Waals surface area contributed by atoms with E-state index in [1.54, 1.807) is 23.4 Å². The zero-order chi connectivity index (χ0) is 22.7. The van der Waals surface area contributed by atoms with Crippen LogP contribution in [0, 0.1) is 5.92 Å². The minimum atomic E-state index is -0.410. The van der Waals surface area contributed by atoms with Gasteiger partial charge in [-0.1, -0.05) is 19.3 Å². The lowest BCUT2D eigenvalue weighted by molar-refractivity contribution is -0.137. The van der Waals surface area contributed by atoms with E-state index in [2.05, 4.69) is 15.6 Å².